The zero-order valence-electron chi connectivity index (χ0n) is 20.4. The van der Waals surface area contributed by atoms with E-state index in [1.165, 1.54) is 30.3 Å². The summed E-state index contributed by atoms with van der Waals surface area (Å²) in [5.74, 6) is -0.909. The van der Waals surface area contributed by atoms with Gasteiger partial charge in [0.25, 0.3) is 0 Å². The van der Waals surface area contributed by atoms with E-state index in [9.17, 15) is 32.0 Å². The molecule has 0 unspecified atom stereocenters. The second kappa shape index (κ2) is 9.49. The highest BCUT2D eigenvalue weighted by Gasteiger charge is 2.59. The Hall–Kier alpha value is -3.95. The molecule has 0 bridgehead atoms. The van der Waals surface area contributed by atoms with Crippen LogP contribution in [0.1, 0.15) is 32.0 Å². The van der Waals surface area contributed by atoms with E-state index in [0.29, 0.717) is 16.9 Å². The second-order valence-electron chi connectivity index (χ2n) is 9.34. The Morgan fingerprint density at radius 3 is 2.05 bits per heavy atom. The van der Waals surface area contributed by atoms with Crippen molar-refractivity contribution >= 4 is 27.0 Å². The maximum absolute atomic E-state index is 13.4. The Morgan fingerprint density at radius 1 is 1.03 bits per heavy atom. The molecule has 0 spiro atoms. The number of aromatic nitrogens is 1. The van der Waals surface area contributed by atoms with Crippen LogP contribution in [0.3, 0.4) is 0 Å². The van der Waals surface area contributed by atoms with Crippen molar-refractivity contribution in [1.29, 1.82) is 5.26 Å². The van der Waals surface area contributed by atoms with Crippen LogP contribution in [0.25, 0.3) is 11.1 Å². The largest absolute Gasteiger partial charge is 0.503 e. The van der Waals surface area contributed by atoms with Gasteiger partial charge < -0.3 is 14.8 Å². The van der Waals surface area contributed by atoms with E-state index >= 15 is 0 Å². The first-order chi connectivity index (χ1) is 17.0. The van der Waals surface area contributed by atoms with Crippen LogP contribution in [-0.4, -0.2) is 31.5 Å². The van der Waals surface area contributed by atoms with Gasteiger partial charge in [-0.1, -0.05) is 51.1 Å². The summed E-state index contributed by atoms with van der Waals surface area (Å²) in [5, 5.41) is 15.1. The van der Waals surface area contributed by atoms with Gasteiger partial charge in [0.2, 0.25) is 15.5 Å². The van der Waals surface area contributed by atoms with Crippen molar-refractivity contribution in [3.63, 3.8) is 0 Å². The van der Waals surface area contributed by atoms with Gasteiger partial charge in [0, 0.05) is 22.4 Å². The normalized spacial score (nSPS) is 13.1. The molecule has 0 saturated carbocycles. The first kappa shape index (κ1) is 27.6. The predicted molar refractivity (Wildman–Crippen MR) is 136 cm³/mol. The Balaban J connectivity index is 2.01. The molecule has 1 heterocycles. The molecule has 0 fully saturated rings. The van der Waals surface area contributed by atoms with Crippen LogP contribution in [0.15, 0.2) is 60.7 Å². The van der Waals surface area contributed by atoms with Gasteiger partial charge in [-0.15, -0.1) is 0 Å². The van der Waals surface area contributed by atoms with Gasteiger partial charge in [0.05, 0.1) is 11.9 Å². The van der Waals surface area contributed by atoms with Gasteiger partial charge >= 0.3 is 11.5 Å². The molecule has 0 atom stereocenters. The first-order valence-corrected chi connectivity index (χ1v) is 13.1. The van der Waals surface area contributed by atoms with Crippen LogP contribution in [-0.2, 0) is 15.0 Å². The molecule has 3 aromatic rings. The van der Waals surface area contributed by atoms with Crippen molar-refractivity contribution in [2.75, 3.05) is 16.9 Å². The van der Waals surface area contributed by atoms with Gasteiger partial charge in [-0.05, 0) is 35.9 Å². The van der Waals surface area contributed by atoms with Gasteiger partial charge in [-0.25, -0.2) is 14.0 Å². The number of anilines is 2. The van der Waals surface area contributed by atoms with Gasteiger partial charge in [-0.3, -0.25) is 4.55 Å². The number of nitriles is 1. The maximum Gasteiger partial charge on any atom is 0.503 e. The monoisotopic (exact) mass is 534 g/mol. The summed E-state index contributed by atoms with van der Waals surface area (Å²) < 4.78 is 67.0. The Kier molecular flexibility index (Phi) is 7.09. The quantitative estimate of drug-likeness (QED) is 0.353. The van der Waals surface area contributed by atoms with E-state index in [0.717, 1.165) is 0 Å². The van der Waals surface area contributed by atoms with Gasteiger partial charge in [0.15, 0.2) is 0 Å². The number of pyridine rings is 1. The zero-order valence-corrected chi connectivity index (χ0v) is 21.2. The average molecular weight is 535 g/mol. The van der Waals surface area contributed by atoms with E-state index in [4.69, 9.17) is 0 Å². The number of amides is 2. The third kappa shape index (κ3) is 6.25. The number of nitrogens with one attached hydrogen (secondary N) is 2. The number of carbonyl (C=O) groups excluding carboxylic acids is 1. The van der Waals surface area contributed by atoms with Crippen LogP contribution in [0, 0.1) is 11.3 Å². The summed E-state index contributed by atoms with van der Waals surface area (Å²) in [6.07, 6.45) is 0.0183. The zero-order chi connectivity index (χ0) is 27.7. The molecular weight excluding hydrogens is 509 g/mol. The number of hydrogen-bond donors (Lipinski definition) is 3. The molecule has 1 aromatic heterocycles. The molecule has 37 heavy (non-hydrogen) atoms. The van der Waals surface area contributed by atoms with Crippen molar-refractivity contribution in [1.82, 2.24) is 4.98 Å². The highest BCUT2D eigenvalue weighted by atomic mass is 32.3. The van der Waals surface area contributed by atoms with E-state index in [1.54, 1.807) is 57.2 Å². The second-order valence-corrected chi connectivity index (χ2v) is 12.4. The smallest absolute Gasteiger partial charge is 0.375 e. The minimum Gasteiger partial charge on any atom is -0.375 e. The van der Waals surface area contributed by atoms with E-state index in [1.807, 2.05) is 0 Å². The molecule has 12 heteroatoms. The number of para-hydroxylation sites is 1. The SMILES string of the molecule is CC(C)(C)c1cc(-c2ccc(NC(=O)Nc3ccccc3)cc2)c(C#N)c(OS(C)(=O)(O)C(F)(F)F)n1. The Labute approximate surface area is 211 Å². The Bertz CT molecular complexity index is 1420. The molecule has 0 saturated heterocycles. The lowest BCUT2D eigenvalue weighted by Crippen LogP contribution is -2.50. The van der Waals surface area contributed by atoms with Crippen LogP contribution in [0.2, 0.25) is 0 Å². The summed E-state index contributed by atoms with van der Waals surface area (Å²) in [6, 6.07) is 17.7. The number of nitrogens with zero attached hydrogens (tertiary/aromatic N) is 2. The van der Waals surface area contributed by atoms with Crippen molar-refractivity contribution in [2.24, 2.45) is 0 Å². The molecule has 3 rings (SSSR count). The van der Waals surface area contributed by atoms with E-state index in [-0.39, 0.29) is 17.5 Å². The summed E-state index contributed by atoms with van der Waals surface area (Å²) in [6.45, 7) is 5.20. The number of benzene rings is 2. The minimum absolute atomic E-state index is 0.0183. The summed E-state index contributed by atoms with van der Waals surface area (Å²) in [5.41, 5.74) is -5.05. The van der Waals surface area contributed by atoms with E-state index < -0.39 is 38.0 Å². The van der Waals surface area contributed by atoms with Crippen LogP contribution < -0.4 is 14.8 Å². The van der Waals surface area contributed by atoms with Crippen LogP contribution in [0.4, 0.5) is 29.3 Å². The highest BCUT2D eigenvalue weighted by molar-refractivity contribution is 8.11. The third-order valence-corrected chi connectivity index (χ3v) is 6.75. The fourth-order valence-electron chi connectivity index (χ4n) is 3.08. The fraction of sp³-hybridized carbons (Fsp3) is 0.240. The summed E-state index contributed by atoms with van der Waals surface area (Å²) >= 11 is 0. The van der Waals surface area contributed by atoms with Crippen molar-refractivity contribution in [3.8, 4) is 23.1 Å². The molecular formula is C25H25F3N4O4S. The maximum atomic E-state index is 13.4. The molecule has 3 N–H and O–H groups in total. The average Bonchev–Trinajstić information content (AvgIpc) is 2.77. The van der Waals surface area contributed by atoms with Gasteiger partial charge in [-0.2, -0.15) is 18.4 Å². The molecule has 8 nitrogen and oxygen atoms in total. The van der Waals surface area contributed by atoms with Gasteiger partial charge in [0.1, 0.15) is 11.6 Å². The number of carbonyl (C=O) groups is 1. The fourth-order valence-corrected chi connectivity index (χ4v) is 3.67. The molecule has 0 aliphatic carbocycles. The number of urea groups is 1. The predicted octanol–water partition coefficient (Wildman–Crippen LogP) is 6.30. The first-order valence-electron chi connectivity index (χ1n) is 10.8. The highest BCUT2D eigenvalue weighted by Crippen LogP contribution is 2.43. The Morgan fingerprint density at radius 2 is 1.57 bits per heavy atom. The molecule has 0 radical (unpaired) electrons. The summed E-state index contributed by atoms with van der Waals surface area (Å²) in [4.78, 5) is 16.2. The molecule has 0 aliphatic rings. The lowest BCUT2D eigenvalue weighted by molar-refractivity contribution is -0.0621. The van der Waals surface area contributed by atoms with Crippen LogP contribution in [0.5, 0.6) is 5.88 Å². The third-order valence-electron chi connectivity index (χ3n) is 5.15. The lowest BCUT2D eigenvalue weighted by atomic mass is 9.88. The number of halogens is 3. The standard InChI is InChI=1S/C25H25F3N4O4S/c1-24(2,3)21-14-19(20(15-29)22(32-21)36-37(4,34,35)25(26,27)28)16-10-12-18(13-11-16)31-23(33)30-17-8-6-5-7-9-17/h5-14H,1-4H3,(H,34,35)(H2,30,31,33). The number of rotatable bonds is 5. The lowest BCUT2D eigenvalue weighted by Gasteiger charge is -2.34. The van der Waals surface area contributed by atoms with Crippen molar-refractivity contribution in [3.05, 3.63) is 71.9 Å². The van der Waals surface area contributed by atoms with Crippen LogP contribution >= 0.6 is 0 Å². The van der Waals surface area contributed by atoms with Crippen molar-refractivity contribution in [2.45, 2.75) is 31.7 Å². The number of alkyl halides is 3. The van der Waals surface area contributed by atoms with E-state index in [2.05, 4.69) is 19.8 Å². The minimum atomic E-state index is -6.68. The number of hydrogen-bond acceptors (Lipinski definition) is 5. The summed E-state index contributed by atoms with van der Waals surface area (Å²) in [7, 11) is -6.68. The van der Waals surface area contributed by atoms with Crippen molar-refractivity contribution < 1.29 is 30.9 Å². The molecule has 2 aromatic carbocycles. The molecule has 196 valence electrons. The topological polar surface area (TPSA) is 124 Å². The molecule has 0 aliphatic heterocycles. The molecule has 2 amide bonds.